The molecule has 1 saturated heterocycles. The zero-order valence-electron chi connectivity index (χ0n) is 12.0. The van der Waals surface area contributed by atoms with Crippen LogP contribution in [0.3, 0.4) is 0 Å². The van der Waals surface area contributed by atoms with Crippen molar-refractivity contribution in [3.05, 3.63) is 27.7 Å². The molecule has 0 aliphatic carbocycles. The minimum atomic E-state index is -0.405. The molecule has 1 aliphatic heterocycles. The number of nitrogens with one attached hydrogen (secondary N) is 1. The van der Waals surface area contributed by atoms with Crippen LogP contribution in [0.25, 0.3) is 11.0 Å². The fourth-order valence-corrected chi connectivity index (χ4v) is 3.71. The van der Waals surface area contributed by atoms with E-state index in [0.29, 0.717) is 4.77 Å². The fourth-order valence-electron chi connectivity index (χ4n) is 3.16. The van der Waals surface area contributed by atoms with Gasteiger partial charge in [-0.3, -0.25) is 0 Å². The molecular formula is C15H19ClFN3S. The monoisotopic (exact) mass is 327 g/mol. The molecule has 1 unspecified atom stereocenters. The lowest BCUT2D eigenvalue weighted by Crippen LogP contribution is -2.34. The third-order valence-corrected chi connectivity index (χ3v) is 4.76. The zero-order chi connectivity index (χ0) is 15.0. The fraction of sp³-hybridized carbons (Fsp3) is 0.533. The van der Waals surface area contributed by atoms with Crippen molar-refractivity contribution in [3.8, 4) is 0 Å². The van der Waals surface area contributed by atoms with Crippen molar-refractivity contribution >= 4 is 34.9 Å². The van der Waals surface area contributed by atoms with Crippen molar-refractivity contribution in [1.82, 2.24) is 14.5 Å². The summed E-state index contributed by atoms with van der Waals surface area (Å²) >= 11 is 11.2. The first kappa shape index (κ1) is 15.0. The summed E-state index contributed by atoms with van der Waals surface area (Å²) in [6.45, 7) is 5.34. The number of hydrogen-bond acceptors (Lipinski definition) is 2. The average molecular weight is 328 g/mol. The van der Waals surface area contributed by atoms with Gasteiger partial charge in [-0.2, -0.15) is 0 Å². The summed E-state index contributed by atoms with van der Waals surface area (Å²) < 4.78 is 16.4. The molecule has 6 heteroatoms. The maximum Gasteiger partial charge on any atom is 0.178 e. The number of nitrogens with zero attached hydrogens (tertiary/aromatic N) is 2. The van der Waals surface area contributed by atoms with Gasteiger partial charge in [-0.05, 0) is 51.1 Å². The Morgan fingerprint density at radius 1 is 1.33 bits per heavy atom. The molecule has 1 aromatic carbocycles. The molecule has 1 atom stereocenters. The Morgan fingerprint density at radius 3 is 2.76 bits per heavy atom. The molecule has 1 fully saturated rings. The predicted octanol–water partition coefficient (Wildman–Crippen LogP) is 4.54. The topological polar surface area (TPSA) is 24.0 Å². The first-order valence-electron chi connectivity index (χ1n) is 7.38. The van der Waals surface area contributed by atoms with E-state index >= 15 is 0 Å². The van der Waals surface area contributed by atoms with Crippen LogP contribution in [0.1, 0.15) is 32.2 Å². The van der Waals surface area contributed by atoms with E-state index in [1.165, 1.54) is 25.3 Å². The summed E-state index contributed by atoms with van der Waals surface area (Å²) in [6, 6.07) is 3.27. The normalized spacial score (nSPS) is 18.2. The molecule has 0 spiro atoms. The Bertz CT molecular complexity index is 703. The van der Waals surface area contributed by atoms with Gasteiger partial charge >= 0.3 is 0 Å². The number of likely N-dealkylation sites (tertiary alicyclic amines) is 1. The van der Waals surface area contributed by atoms with Gasteiger partial charge in [0, 0.05) is 18.7 Å². The number of H-pyrrole nitrogens is 1. The van der Waals surface area contributed by atoms with Gasteiger partial charge < -0.3 is 14.5 Å². The van der Waals surface area contributed by atoms with Gasteiger partial charge in [0.05, 0.1) is 16.1 Å². The van der Waals surface area contributed by atoms with Crippen molar-refractivity contribution in [2.45, 2.75) is 32.2 Å². The summed E-state index contributed by atoms with van der Waals surface area (Å²) in [7, 11) is 0. The minimum Gasteiger partial charge on any atom is -0.331 e. The Hall–Kier alpha value is -0.910. The van der Waals surface area contributed by atoms with E-state index in [4.69, 9.17) is 23.8 Å². The number of imidazole rings is 1. The van der Waals surface area contributed by atoms with E-state index in [2.05, 4.69) is 16.8 Å². The molecule has 1 N–H and O–H groups in total. The van der Waals surface area contributed by atoms with Gasteiger partial charge in [-0.25, -0.2) is 4.39 Å². The van der Waals surface area contributed by atoms with Gasteiger partial charge in [0.15, 0.2) is 4.77 Å². The lowest BCUT2D eigenvalue weighted by atomic mass is 10.1. The average Bonchev–Trinajstić information content (AvgIpc) is 2.75. The van der Waals surface area contributed by atoms with Crippen LogP contribution in [0.4, 0.5) is 4.39 Å². The summed E-state index contributed by atoms with van der Waals surface area (Å²) in [5.41, 5.74) is 1.57. The molecule has 3 rings (SSSR count). The van der Waals surface area contributed by atoms with Crippen LogP contribution in [-0.4, -0.2) is 34.1 Å². The smallest absolute Gasteiger partial charge is 0.178 e. The predicted molar refractivity (Wildman–Crippen MR) is 87.1 cm³/mol. The SMILES string of the molecule is CC(CN1CCCCC1)n1c(=S)[nH]c2cc(Cl)c(F)cc21. The van der Waals surface area contributed by atoms with E-state index < -0.39 is 5.82 Å². The van der Waals surface area contributed by atoms with E-state index in [9.17, 15) is 4.39 Å². The second-order valence-electron chi connectivity index (χ2n) is 5.79. The van der Waals surface area contributed by atoms with Crippen molar-refractivity contribution in [2.24, 2.45) is 0 Å². The highest BCUT2D eigenvalue weighted by molar-refractivity contribution is 7.71. The number of aromatic amines is 1. The molecule has 1 aliphatic rings. The molecule has 0 saturated carbocycles. The molecule has 3 nitrogen and oxygen atoms in total. The maximum atomic E-state index is 13.8. The number of fused-ring (bicyclic) bond motifs is 1. The van der Waals surface area contributed by atoms with E-state index in [1.807, 2.05) is 4.57 Å². The maximum absolute atomic E-state index is 13.8. The quantitative estimate of drug-likeness (QED) is 0.837. The molecule has 1 aromatic heterocycles. The number of piperidine rings is 1. The standard InChI is InChI=1S/C15H19ClFN3S/c1-10(9-19-5-3-2-4-6-19)20-14-8-12(17)11(16)7-13(14)18-15(20)21/h7-8,10H,2-6,9H2,1H3,(H,18,21). The molecule has 0 amide bonds. The van der Waals surface area contributed by atoms with Crippen molar-refractivity contribution in [1.29, 1.82) is 0 Å². The number of benzene rings is 1. The largest absolute Gasteiger partial charge is 0.331 e. The number of halogens is 2. The van der Waals surface area contributed by atoms with Crippen LogP contribution < -0.4 is 0 Å². The lowest BCUT2D eigenvalue weighted by Gasteiger charge is -2.29. The molecule has 0 radical (unpaired) electrons. The number of hydrogen-bond donors (Lipinski definition) is 1. The van der Waals surface area contributed by atoms with Crippen LogP contribution in [0, 0.1) is 10.6 Å². The first-order chi connectivity index (χ1) is 10.1. The molecule has 21 heavy (non-hydrogen) atoms. The zero-order valence-corrected chi connectivity index (χ0v) is 13.6. The second kappa shape index (κ2) is 6.07. The third-order valence-electron chi connectivity index (χ3n) is 4.17. The van der Waals surface area contributed by atoms with Crippen LogP contribution in [0.5, 0.6) is 0 Å². The highest BCUT2D eigenvalue weighted by atomic mass is 35.5. The number of aromatic nitrogens is 2. The first-order valence-corrected chi connectivity index (χ1v) is 8.16. The van der Waals surface area contributed by atoms with Gasteiger partial charge in [-0.1, -0.05) is 18.0 Å². The van der Waals surface area contributed by atoms with Crippen LogP contribution in [0.15, 0.2) is 12.1 Å². The van der Waals surface area contributed by atoms with E-state index in [0.717, 1.165) is 30.7 Å². The molecule has 2 heterocycles. The minimum absolute atomic E-state index is 0.120. The Morgan fingerprint density at radius 2 is 2.05 bits per heavy atom. The van der Waals surface area contributed by atoms with Crippen LogP contribution >= 0.6 is 23.8 Å². The van der Waals surface area contributed by atoms with Crippen molar-refractivity contribution in [2.75, 3.05) is 19.6 Å². The Balaban J connectivity index is 1.93. The second-order valence-corrected chi connectivity index (χ2v) is 6.59. The molecule has 114 valence electrons. The summed E-state index contributed by atoms with van der Waals surface area (Å²) in [5.74, 6) is -0.405. The van der Waals surface area contributed by atoms with E-state index in [-0.39, 0.29) is 11.1 Å². The highest BCUT2D eigenvalue weighted by Crippen LogP contribution is 2.26. The Kier molecular flexibility index (Phi) is 4.33. The van der Waals surface area contributed by atoms with Gasteiger partial charge in [0.25, 0.3) is 0 Å². The van der Waals surface area contributed by atoms with Crippen LogP contribution in [0.2, 0.25) is 5.02 Å². The molecule has 0 bridgehead atoms. The van der Waals surface area contributed by atoms with Crippen molar-refractivity contribution in [3.63, 3.8) is 0 Å². The Labute approximate surface area is 133 Å². The lowest BCUT2D eigenvalue weighted by molar-refractivity contribution is 0.202. The number of rotatable bonds is 3. The summed E-state index contributed by atoms with van der Waals surface area (Å²) in [6.07, 6.45) is 3.84. The van der Waals surface area contributed by atoms with Gasteiger partial charge in [-0.15, -0.1) is 0 Å². The van der Waals surface area contributed by atoms with Gasteiger partial charge in [0.1, 0.15) is 5.82 Å². The van der Waals surface area contributed by atoms with E-state index in [1.54, 1.807) is 6.07 Å². The summed E-state index contributed by atoms with van der Waals surface area (Å²) in [5, 5.41) is 0.120. The highest BCUT2D eigenvalue weighted by Gasteiger charge is 2.18. The third kappa shape index (κ3) is 3.00. The van der Waals surface area contributed by atoms with Gasteiger partial charge in [0.2, 0.25) is 0 Å². The summed E-state index contributed by atoms with van der Waals surface area (Å²) in [4.78, 5) is 5.58. The molecule has 2 aromatic rings. The van der Waals surface area contributed by atoms with Crippen molar-refractivity contribution < 1.29 is 4.39 Å². The molecular weight excluding hydrogens is 309 g/mol. The van der Waals surface area contributed by atoms with Crippen LogP contribution in [-0.2, 0) is 0 Å².